The Kier molecular flexibility index (Phi) is 2.58. The Morgan fingerprint density at radius 3 is 2.14 bits per heavy atom. The molecule has 0 aromatic heterocycles. The van der Waals surface area contributed by atoms with Crippen molar-refractivity contribution in [3.63, 3.8) is 0 Å². The predicted molar refractivity (Wildman–Crippen MR) is 30.6 cm³/mol. The average molecular weight is 124 g/mol. The molecule has 0 spiro atoms. The van der Waals surface area contributed by atoms with Gasteiger partial charge in [-0.3, -0.25) is 0 Å². The molecule has 1 aliphatic carbocycles. The zero-order valence-corrected chi connectivity index (χ0v) is 5.07. The molecule has 1 saturated carbocycles. The standard InChI is InChI=1S/C4H9NO.ClH/c1-6-4-2-3(4)5;/h3-4H,2,5H2,1H3;1H/t3-,4+;/m0./s1. The van der Waals surface area contributed by atoms with E-state index in [9.17, 15) is 0 Å². The molecule has 0 heterocycles. The van der Waals surface area contributed by atoms with E-state index in [1.807, 2.05) is 0 Å². The molecule has 0 aromatic carbocycles. The molecule has 2 N–H and O–H groups in total. The van der Waals surface area contributed by atoms with Gasteiger partial charge in [0, 0.05) is 13.2 Å². The molecule has 0 saturated heterocycles. The van der Waals surface area contributed by atoms with Crippen molar-refractivity contribution in [2.75, 3.05) is 7.11 Å². The van der Waals surface area contributed by atoms with E-state index in [2.05, 4.69) is 0 Å². The van der Waals surface area contributed by atoms with Gasteiger partial charge in [-0.1, -0.05) is 0 Å². The fraction of sp³-hybridized carbons (Fsp3) is 1.00. The van der Waals surface area contributed by atoms with Crippen LogP contribution in [0.4, 0.5) is 0 Å². The second kappa shape index (κ2) is 2.50. The lowest BCUT2D eigenvalue weighted by molar-refractivity contribution is 0.178. The molecule has 0 aliphatic heterocycles. The maximum Gasteiger partial charge on any atom is 0.0738 e. The number of hydrogen-bond acceptors (Lipinski definition) is 2. The Bertz CT molecular complexity index is 57.7. The van der Waals surface area contributed by atoms with Crippen molar-refractivity contribution < 1.29 is 4.74 Å². The first-order chi connectivity index (χ1) is 2.84. The fourth-order valence-electron chi connectivity index (χ4n) is 0.461. The topological polar surface area (TPSA) is 35.2 Å². The van der Waals surface area contributed by atoms with E-state index in [1.165, 1.54) is 0 Å². The molecule has 0 unspecified atom stereocenters. The summed E-state index contributed by atoms with van der Waals surface area (Å²) in [5.74, 6) is 0. The summed E-state index contributed by atoms with van der Waals surface area (Å²) in [4.78, 5) is 0. The summed E-state index contributed by atoms with van der Waals surface area (Å²) >= 11 is 0. The SMILES string of the molecule is CO[C@@H]1C[C@@H]1N.Cl. The number of hydrogen-bond donors (Lipinski definition) is 1. The van der Waals surface area contributed by atoms with Crippen molar-refractivity contribution in [3.05, 3.63) is 0 Å². The molecule has 0 amide bonds. The van der Waals surface area contributed by atoms with Crippen molar-refractivity contribution in [1.29, 1.82) is 0 Å². The molecule has 3 heteroatoms. The van der Waals surface area contributed by atoms with Crippen molar-refractivity contribution >= 4 is 12.4 Å². The Hall–Kier alpha value is 0.210. The predicted octanol–water partition coefficient (Wildman–Crippen LogP) is 0.154. The minimum Gasteiger partial charge on any atom is -0.380 e. The van der Waals surface area contributed by atoms with E-state index in [-0.39, 0.29) is 12.4 Å². The molecular weight excluding hydrogens is 114 g/mol. The van der Waals surface area contributed by atoms with E-state index < -0.39 is 0 Å². The zero-order valence-electron chi connectivity index (χ0n) is 4.26. The third kappa shape index (κ3) is 1.63. The van der Waals surface area contributed by atoms with Crippen LogP contribution < -0.4 is 5.73 Å². The van der Waals surface area contributed by atoms with Crippen LogP contribution in [0, 0.1) is 0 Å². The van der Waals surface area contributed by atoms with Crippen LogP contribution in [0.3, 0.4) is 0 Å². The van der Waals surface area contributed by atoms with E-state index in [0.29, 0.717) is 12.1 Å². The Morgan fingerprint density at radius 1 is 1.71 bits per heavy atom. The van der Waals surface area contributed by atoms with E-state index in [1.54, 1.807) is 7.11 Å². The zero-order chi connectivity index (χ0) is 4.57. The number of rotatable bonds is 1. The fourth-order valence-corrected chi connectivity index (χ4v) is 0.461. The molecule has 0 bridgehead atoms. The van der Waals surface area contributed by atoms with E-state index in [4.69, 9.17) is 10.5 Å². The van der Waals surface area contributed by atoms with Gasteiger partial charge in [0.25, 0.3) is 0 Å². The number of methoxy groups -OCH3 is 1. The third-order valence-electron chi connectivity index (χ3n) is 1.08. The Labute approximate surface area is 49.4 Å². The molecule has 44 valence electrons. The smallest absolute Gasteiger partial charge is 0.0738 e. The molecule has 1 fully saturated rings. The lowest BCUT2D eigenvalue weighted by atomic mass is 10.7. The Balaban J connectivity index is 0.000000360. The molecule has 1 rings (SSSR count). The minimum atomic E-state index is 0. The average Bonchev–Trinajstić information content (AvgIpc) is 2.19. The monoisotopic (exact) mass is 123 g/mol. The second-order valence-corrected chi connectivity index (χ2v) is 1.67. The quantitative estimate of drug-likeness (QED) is 0.539. The number of nitrogens with two attached hydrogens (primary N) is 1. The maximum atomic E-state index is 5.35. The van der Waals surface area contributed by atoms with Crippen LogP contribution in [0.5, 0.6) is 0 Å². The van der Waals surface area contributed by atoms with Crippen LogP contribution >= 0.6 is 12.4 Å². The van der Waals surface area contributed by atoms with Crippen molar-refractivity contribution in [2.24, 2.45) is 5.73 Å². The van der Waals surface area contributed by atoms with Crippen LogP contribution in [-0.4, -0.2) is 19.3 Å². The van der Waals surface area contributed by atoms with Gasteiger partial charge in [0.15, 0.2) is 0 Å². The molecule has 1 aliphatic rings. The lowest BCUT2D eigenvalue weighted by Crippen LogP contribution is -2.05. The number of halogens is 1. The van der Waals surface area contributed by atoms with Crippen molar-refractivity contribution in [2.45, 2.75) is 18.6 Å². The molecule has 2 atom stereocenters. The second-order valence-electron chi connectivity index (χ2n) is 1.67. The van der Waals surface area contributed by atoms with E-state index >= 15 is 0 Å². The van der Waals surface area contributed by atoms with Gasteiger partial charge < -0.3 is 10.5 Å². The van der Waals surface area contributed by atoms with Gasteiger partial charge in [-0.15, -0.1) is 12.4 Å². The summed E-state index contributed by atoms with van der Waals surface area (Å²) in [7, 11) is 1.69. The first-order valence-corrected chi connectivity index (χ1v) is 2.13. The Morgan fingerprint density at radius 2 is 2.14 bits per heavy atom. The summed E-state index contributed by atoms with van der Waals surface area (Å²) in [6.07, 6.45) is 1.43. The van der Waals surface area contributed by atoms with Crippen LogP contribution in [-0.2, 0) is 4.74 Å². The molecule has 0 aromatic rings. The summed E-state index contributed by atoms with van der Waals surface area (Å²) in [5, 5.41) is 0. The normalized spacial score (nSPS) is 36.9. The van der Waals surface area contributed by atoms with Gasteiger partial charge in [-0.05, 0) is 6.42 Å². The van der Waals surface area contributed by atoms with Crippen LogP contribution in [0.25, 0.3) is 0 Å². The highest BCUT2D eigenvalue weighted by molar-refractivity contribution is 5.85. The number of ether oxygens (including phenoxy) is 1. The molecular formula is C4H10ClNO. The molecule has 0 radical (unpaired) electrons. The highest BCUT2D eigenvalue weighted by Crippen LogP contribution is 2.20. The maximum absolute atomic E-state index is 5.35. The highest BCUT2D eigenvalue weighted by atomic mass is 35.5. The third-order valence-corrected chi connectivity index (χ3v) is 1.08. The first kappa shape index (κ1) is 7.21. The summed E-state index contributed by atoms with van der Waals surface area (Å²) < 4.78 is 4.85. The highest BCUT2D eigenvalue weighted by Gasteiger charge is 2.32. The summed E-state index contributed by atoms with van der Waals surface area (Å²) in [5.41, 5.74) is 5.35. The van der Waals surface area contributed by atoms with Crippen molar-refractivity contribution in [3.8, 4) is 0 Å². The van der Waals surface area contributed by atoms with Gasteiger partial charge in [0.2, 0.25) is 0 Å². The molecule has 7 heavy (non-hydrogen) atoms. The summed E-state index contributed by atoms with van der Waals surface area (Å²) in [6, 6.07) is 0.343. The van der Waals surface area contributed by atoms with Gasteiger partial charge >= 0.3 is 0 Å². The van der Waals surface area contributed by atoms with Crippen LogP contribution in [0.15, 0.2) is 0 Å². The minimum absolute atomic E-state index is 0. The molecule has 2 nitrogen and oxygen atoms in total. The lowest BCUT2D eigenvalue weighted by Gasteiger charge is -1.85. The van der Waals surface area contributed by atoms with Crippen LogP contribution in [0.1, 0.15) is 6.42 Å². The van der Waals surface area contributed by atoms with Gasteiger partial charge in [0.05, 0.1) is 6.10 Å². The first-order valence-electron chi connectivity index (χ1n) is 2.13. The largest absolute Gasteiger partial charge is 0.380 e. The van der Waals surface area contributed by atoms with E-state index in [0.717, 1.165) is 6.42 Å². The van der Waals surface area contributed by atoms with Gasteiger partial charge in [0.1, 0.15) is 0 Å². The van der Waals surface area contributed by atoms with Crippen molar-refractivity contribution in [1.82, 2.24) is 0 Å². The van der Waals surface area contributed by atoms with Crippen LogP contribution in [0.2, 0.25) is 0 Å². The van der Waals surface area contributed by atoms with Gasteiger partial charge in [-0.2, -0.15) is 0 Å². The summed E-state index contributed by atoms with van der Waals surface area (Å²) in [6.45, 7) is 0. The van der Waals surface area contributed by atoms with Gasteiger partial charge in [-0.25, -0.2) is 0 Å².